The molecule has 160 valence electrons. The maximum Gasteiger partial charge on any atom is 0.309 e. The van der Waals surface area contributed by atoms with Gasteiger partial charge in [-0.3, -0.25) is 9.59 Å². The molecule has 1 aromatic carbocycles. The van der Waals surface area contributed by atoms with Crippen molar-refractivity contribution in [2.45, 2.75) is 78.1 Å². The molecule has 5 nitrogen and oxygen atoms in total. The zero-order valence-corrected chi connectivity index (χ0v) is 18.6. The van der Waals surface area contributed by atoms with Crippen molar-refractivity contribution in [3.63, 3.8) is 0 Å². The largest absolute Gasteiger partial charge is 0.469 e. The minimum absolute atomic E-state index is 0.0961. The molecule has 3 unspecified atom stereocenters. The van der Waals surface area contributed by atoms with E-state index in [1.165, 1.54) is 23.8 Å². The molecule has 3 rings (SSSR count). The molecule has 0 N–H and O–H groups in total. The summed E-state index contributed by atoms with van der Waals surface area (Å²) in [7, 11) is 1.38. The molecule has 1 saturated carbocycles. The molecule has 2 fully saturated rings. The van der Waals surface area contributed by atoms with Crippen LogP contribution in [0.4, 0.5) is 0 Å². The summed E-state index contributed by atoms with van der Waals surface area (Å²) >= 11 is 0. The molecular formula is C24H34O5. The third-order valence-electron chi connectivity index (χ3n) is 6.42. The van der Waals surface area contributed by atoms with Crippen molar-refractivity contribution >= 4 is 11.8 Å². The van der Waals surface area contributed by atoms with Crippen molar-refractivity contribution in [3.05, 3.63) is 34.4 Å². The van der Waals surface area contributed by atoms with Crippen LogP contribution in [0.1, 0.15) is 62.8 Å². The van der Waals surface area contributed by atoms with Gasteiger partial charge >= 0.3 is 5.97 Å². The Hall–Kier alpha value is -1.72. The van der Waals surface area contributed by atoms with Crippen LogP contribution in [0.2, 0.25) is 0 Å². The van der Waals surface area contributed by atoms with E-state index in [1.54, 1.807) is 0 Å². The van der Waals surface area contributed by atoms with Gasteiger partial charge in [0.15, 0.2) is 5.79 Å². The van der Waals surface area contributed by atoms with Crippen molar-refractivity contribution in [1.82, 2.24) is 0 Å². The first-order chi connectivity index (χ1) is 13.6. The van der Waals surface area contributed by atoms with E-state index in [1.807, 2.05) is 13.8 Å². The number of rotatable bonds is 6. The van der Waals surface area contributed by atoms with Crippen molar-refractivity contribution in [2.75, 3.05) is 13.7 Å². The van der Waals surface area contributed by atoms with E-state index < -0.39 is 23.2 Å². The normalized spacial score (nSPS) is 28.1. The molecule has 1 aliphatic carbocycles. The third kappa shape index (κ3) is 4.41. The van der Waals surface area contributed by atoms with Crippen molar-refractivity contribution in [3.8, 4) is 0 Å². The summed E-state index contributed by atoms with van der Waals surface area (Å²) in [4.78, 5) is 26.0. The van der Waals surface area contributed by atoms with Crippen LogP contribution in [0.25, 0.3) is 0 Å². The Morgan fingerprint density at radius 1 is 1.10 bits per heavy atom. The number of ketones is 1. The van der Waals surface area contributed by atoms with Crippen molar-refractivity contribution in [2.24, 2.45) is 11.8 Å². The van der Waals surface area contributed by atoms with Crippen LogP contribution in [0.15, 0.2) is 12.1 Å². The summed E-state index contributed by atoms with van der Waals surface area (Å²) in [6.45, 7) is 10.5. The summed E-state index contributed by atoms with van der Waals surface area (Å²) in [5.74, 6) is -1.82. The maximum absolute atomic E-state index is 13.5. The number of hydrogen-bond acceptors (Lipinski definition) is 5. The van der Waals surface area contributed by atoms with Gasteiger partial charge in [0.2, 0.25) is 0 Å². The number of esters is 1. The zero-order chi connectivity index (χ0) is 21.4. The summed E-state index contributed by atoms with van der Waals surface area (Å²) in [6, 6.07) is 4.35. The molecule has 1 heterocycles. The first kappa shape index (κ1) is 22.0. The maximum atomic E-state index is 13.5. The number of carbonyl (C=O) groups is 2. The first-order valence-corrected chi connectivity index (χ1v) is 10.7. The van der Waals surface area contributed by atoms with E-state index in [0.717, 1.165) is 18.4 Å². The number of ether oxygens (including phenoxy) is 3. The molecule has 5 heteroatoms. The predicted molar refractivity (Wildman–Crippen MR) is 111 cm³/mol. The van der Waals surface area contributed by atoms with Gasteiger partial charge in [-0.2, -0.15) is 0 Å². The fourth-order valence-electron chi connectivity index (χ4n) is 5.13. The molecule has 1 aromatic rings. The quantitative estimate of drug-likeness (QED) is 0.674. The number of Topliss-reactive ketones (excluding diaryl/α,β-unsaturated/α-hetero) is 1. The average Bonchev–Trinajstić information content (AvgIpc) is 3.20. The molecule has 3 atom stereocenters. The summed E-state index contributed by atoms with van der Waals surface area (Å²) in [6.07, 6.45) is 3.10. The fraction of sp³-hybridized carbons (Fsp3) is 0.667. The van der Waals surface area contributed by atoms with Crippen molar-refractivity contribution < 1.29 is 23.8 Å². The highest BCUT2D eigenvalue weighted by Gasteiger charge is 2.57. The SMILES string of the molecule is CCc1cc(C)cc(CC)c1CC(=O)C1CC2(COC(C)(C)O2)CC1C(=O)OC. The number of carbonyl (C=O) groups excluding carboxylic acids is 2. The predicted octanol–water partition coefficient (Wildman–Crippen LogP) is 3.95. The first-order valence-electron chi connectivity index (χ1n) is 10.7. The molecule has 1 aliphatic heterocycles. The Balaban J connectivity index is 1.88. The minimum Gasteiger partial charge on any atom is -0.469 e. The molecule has 0 aromatic heterocycles. The van der Waals surface area contributed by atoms with E-state index in [2.05, 4.69) is 32.9 Å². The zero-order valence-electron chi connectivity index (χ0n) is 18.6. The van der Waals surface area contributed by atoms with Gasteiger partial charge in [-0.05, 0) is 63.1 Å². The lowest BCUT2D eigenvalue weighted by Crippen LogP contribution is -2.32. The van der Waals surface area contributed by atoms with E-state index in [9.17, 15) is 9.59 Å². The minimum atomic E-state index is -0.694. The molecular weight excluding hydrogens is 368 g/mol. The van der Waals surface area contributed by atoms with Crippen LogP contribution in [0.5, 0.6) is 0 Å². The highest BCUT2D eigenvalue weighted by molar-refractivity contribution is 5.89. The van der Waals surface area contributed by atoms with Crippen LogP contribution >= 0.6 is 0 Å². The molecule has 0 radical (unpaired) electrons. The van der Waals surface area contributed by atoms with E-state index in [4.69, 9.17) is 14.2 Å². The van der Waals surface area contributed by atoms with Crippen LogP contribution in [0, 0.1) is 18.8 Å². The summed E-state index contributed by atoms with van der Waals surface area (Å²) in [5, 5.41) is 0. The molecule has 1 saturated heterocycles. The second-order valence-electron chi connectivity index (χ2n) is 9.03. The molecule has 1 spiro atoms. The van der Waals surface area contributed by atoms with E-state index >= 15 is 0 Å². The lowest BCUT2D eigenvalue weighted by atomic mass is 9.85. The summed E-state index contributed by atoms with van der Waals surface area (Å²) < 4.78 is 17.0. The van der Waals surface area contributed by atoms with Gasteiger partial charge < -0.3 is 14.2 Å². The van der Waals surface area contributed by atoms with E-state index in [-0.39, 0.29) is 11.8 Å². The molecule has 0 bridgehead atoms. The van der Waals surface area contributed by atoms with Crippen molar-refractivity contribution in [1.29, 1.82) is 0 Å². The standard InChI is InChI=1S/C24H34O5/c1-7-16-9-15(3)10-17(8-2)18(16)11-21(25)19-12-24(13-20(19)22(26)27-6)14-28-23(4,5)29-24/h9-10,19-20H,7-8,11-14H2,1-6H3. The highest BCUT2D eigenvalue weighted by Crippen LogP contribution is 2.49. The van der Waals surface area contributed by atoms with Crippen LogP contribution in [0.3, 0.4) is 0 Å². The Labute approximate surface area is 174 Å². The van der Waals surface area contributed by atoms with Crippen LogP contribution in [-0.4, -0.2) is 36.9 Å². The van der Waals surface area contributed by atoms with Crippen LogP contribution in [-0.2, 0) is 43.1 Å². The molecule has 0 amide bonds. The average molecular weight is 403 g/mol. The number of hydrogen-bond donors (Lipinski definition) is 0. The molecule has 2 aliphatic rings. The van der Waals surface area contributed by atoms with Gasteiger partial charge in [-0.1, -0.05) is 31.5 Å². The Kier molecular flexibility index (Phi) is 6.21. The number of benzene rings is 1. The Bertz CT molecular complexity index is 771. The van der Waals surface area contributed by atoms with Gasteiger partial charge in [-0.25, -0.2) is 0 Å². The lowest BCUT2D eigenvalue weighted by molar-refractivity contribution is -0.162. The van der Waals surface area contributed by atoms with Gasteiger partial charge in [-0.15, -0.1) is 0 Å². The topological polar surface area (TPSA) is 61.8 Å². The number of methoxy groups -OCH3 is 1. The lowest BCUT2D eigenvalue weighted by Gasteiger charge is -2.24. The third-order valence-corrected chi connectivity index (χ3v) is 6.42. The summed E-state index contributed by atoms with van der Waals surface area (Å²) in [5.41, 5.74) is 4.20. The number of aryl methyl sites for hydroxylation is 3. The Morgan fingerprint density at radius 3 is 2.17 bits per heavy atom. The van der Waals surface area contributed by atoms with Gasteiger partial charge in [0.25, 0.3) is 0 Å². The molecule has 29 heavy (non-hydrogen) atoms. The Morgan fingerprint density at radius 2 is 1.69 bits per heavy atom. The van der Waals surface area contributed by atoms with E-state index in [0.29, 0.717) is 25.9 Å². The fourth-order valence-corrected chi connectivity index (χ4v) is 5.13. The second kappa shape index (κ2) is 8.19. The monoisotopic (exact) mass is 402 g/mol. The van der Waals surface area contributed by atoms with Gasteiger partial charge in [0.1, 0.15) is 5.78 Å². The van der Waals surface area contributed by atoms with Gasteiger partial charge in [0.05, 0.1) is 25.2 Å². The van der Waals surface area contributed by atoms with Gasteiger partial charge in [0, 0.05) is 12.3 Å². The van der Waals surface area contributed by atoms with Crippen LogP contribution < -0.4 is 0 Å². The highest BCUT2D eigenvalue weighted by atomic mass is 16.8. The smallest absolute Gasteiger partial charge is 0.309 e. The second-order valence-corrected chi connectivity index (χ2v) is 9.03.